The van der Waals surface area contributed by atoms with Crippen molar-refractivity contribution in [1.29, 1.82) is 0 Å². The van der Waals surface area contributed by atoms with Gasteiger partial charge in [-0.15, -0.1) is 0 Å². The number of oxazole rings is 1. The smallest absolute Gasteiger partial charge is 0.181 e. The van der Waals surface area contributed by atoms with E-state index in [0.717, 1.165) is 80.5 Å². The summed E-state index contributed by atoms with van der Waals surface area (Å²) in [6.45, 7) is 13.8. The number of aromatic nitrogens is 3. The van der Waals surface area contributed by atoms with Crippen LogP contribution in [0.3, 0.4) is 0 Å². The van der Waals surface area contributed by atoms with E-state index in [9.17, 15) is 5.11 Å². The lowest BCUT2D eigenvalue weighted by atomic mass is 9.84. The van der Waals surface area contributed by atoms with Gasteiger partial charge in [0.25, 0.3) is 0 Å². The molecular weight excluding hydrogens is 538 g/mol. The highest BCUT2D eigenvalue weighted by Crippen LogP contribution is 2.43. The zero-order valence-electron chi connectivity index (χ0n) is 26.5. The fraction of sp³-hybridized carbons (Fsp3) is 0.543. The van der Waals surface area contributed by atoms with Gasteiger partial charge in [-0.05, 0) is 61.8 Å². The van der Waals surface area contributed by atoms with Crippen molar-refractivity contribution in [2.24, 2.45) is 5.41 Å². The molecule has 1 aromatic carbocycles. The third-order valence-corrected chi connectivity index (χ3v) is 9.36. The molecule has 6 rings (SSSR count). The molecule has 1 atom stereocenters. The summed E-state index contributed by atoms with van der Waals surface area (Å²) in [7, 11) is 1.76. The minimum Gasteiger partial charge on any atom is -0.451 e. The number of rotatable bonds is 12. The molecule has 1 unspecified atom stereocenters. The number of unbranched alkanes of at least 4 members (excludes halogenated alkanes) is 1. The Kier molecular flexibility index (Phi) is 8.63. The van der Waals surface area contributed by atoms with Gasteiger partial charge in [0.05, 0.1) is 29.4 Å². The van der Waals surface area contributed by atoms with Crippen molar-refractivity contribution in [3.8, 4) is 22.5 Å². The zero-order valence-corrected chi connectivity index (χ0v) is 26.5. The Balaban J connectivity index is 1.55. The Morgan fingerprint density at radius 2 is 1.91 bits per heavy atom. The number of aliphatic hydroxyl groups excluding tert-OH is 1. The average Bonchev–Trinajstić information content (AvgIpc) is 3.65. The Morgan fingerprint density at radius 3 is 2.56 bits per heavy atom. The molecule has 4 heterocycles. The van der Waals surface area contributed by atoms with Crippen molar-refractivity contribution in [3.05, 3.63) is 54.4 Å². The molecule has 1 saturated heterocycles. The summed E-state index contributed by atoms with van der Waals surface area (Å²) in [5.41, 5.74) is 8.39. The van der Waals surface area contributed by atoms with Gasteiger partial charge in [0, 0.05) is 74.5 Å². The second kappa shape index (κ2) is 12.4. The summed E-state index contributed by atoms with van der Waals surface area (Å²) in [5, 5.41) is 11.6. The van der Waals surface area contributed by atoms with E-state index in [1.54, 1.807) is 13.4 Å². The van der Waals surface area contributed by atoms with E-state index < -0.39 is 0 Å². The van der Waals surface area contributed by atoms with Crippen molar-refractivity contribution < 1.29 is 14.3 Å². The molecule has 1 saturated carbocycles. The van der Waals surface area contributed by atoms with Crippen molar-refractivity contribution in [2.45, 2.75) is 78.5 Å². The van der Waals surface area contributed by atoms with E-state index in [1.165, 1.54) is 47.1 Å². The number of benzene rings is 1. The van der Waals surface area contributed by atoms with Gasteiger partial charge in [-0.3, -0.25) is 9.88 Å². The van der Waals surface area contributed by atoms with E-state index >= 15 is 0 Å². The number of ether oxygens (including phenoxy) is 1. The standard InChI is InChI=1S/C35H47N5O3/c1-6-7-12-40-32-11-8-25(31-21-43-23-37-31)17-28(32)30(19-35(3,4)22-41)34(40)29-18-27(20-36-33(29)24(2)42-5)39-15-13-38(14-16-39)26-9-10-26/h8,11,17-18,20-21,23-24,26,41H,6-7,9-10,12-16,19,22H2,1-5H3. The van der Waals surface area contributed by atoms with Crippen LogP contribution < -0.4 is 4.90 Å². The van der Waals surface area contributed by atoms with Crippen LogP contribution in [0.2, 0.25) is 0 Å². The van der Waals surface area contributed by atoms with E-state index in [4.69, 9.17) is 14.1 Å². The van der Waals surface area contributed by atoms with Gasteiger partial charge in [0.2, 0.25) is 0 Å². The molecule has 8 heteroatoms. The maximum absolute atomic E-state index is 10.4. The highest BCUT2D eigenvalue weighted by Gasteiger charge is 2.32. The second-order valence-corrected chi connectivity index (χ2v) is 13.2. The molecule has 43 heavy (non-hydrogen) atoms. The Hall–Kier alpha value is -3.20. The van der Waals surface area contributed by atoms with Gasteiger partial charge in [0.1, 0.15) is 12.0 Å². The first-order valence-corrected chi connectivity index (χ1v) is 16.0. The van der Waals surface area contributed by atoms with Gasteiger partial charge in [-0.1, -0.05) is 33.3 Å². The number of piperazine rings is 1. The fourth-order valence-electron chi connectivity index (χ4n) is 6.56. The molecule has 1 aliphatic carbocycles. The lowest BCUT2D eigenvalue weighted by Gasteiger charge is -2.36. The maximum atomic E-state index is 10.4. The topological polar surface area (TPSA) is 79.8 Å². The number of aryl methyl sites for hydroxylation is 1. The minimum absolute atomic E-state index is 0.0991. The van der Waals surface area contributed by atoms with Crippen LogP contribution in [0, 0.1) is 5.41 Å². The van der Waals surface area contributed by atoms with Crippen molar-refractivity contribution in [2.75, 3.05) is 44.8 Å². The number of hydrogen-bond donors (Lipinski definition) is 1. The number of fused-ring (bicyclic) bond motifs is 1. The number of anilines is 1. The summed E-state index contributed by atoms with van der Waals surface area (Å²) >= 11 is 0. The summed E-state index contributed by atoms with van der Waals surface area (Å²) < 4.78 is 13.7. The first-order valence-electron chi connectivity index (χ1n) is 16.0. The van der Waals surface area contributed by atoms with E-state index in [2.05, 4.69) is 71.3 Å². The van der Waals surface area contributed by atoms with E-state index in [-0.39, 0.29) is 18.1 Å². The average molecular weight is 586 g/mol. The van der Waals surface area contributed by atoms with Gasteiger partial charge in [0.15, 0.2) is 6.39 Å². The lowest BCUT2D eigenvalue weighted by molar-refractivity contribution is 0.116. The Morgan fingerprint density at radius 1 is 1.12 bits per heavy atom. The van der Waals surface area contributed by atoms with Gasteiger partial charge in [-0.2, -0.15) is 0 Å². The van der Waals surface area contributed by atoms with Crippen LogP contribution in [0.15, 0.2) is 47.5 Å². The normalized spacial score (nSPS) is 17.2. The van der Waals surface area contributed by atoms with Crippen molar-refractivity contribution in [3.63, 3.8) is 0 Å². The van der Waals surface area contributed by atoms with Gasteiger partial charge >= 0.3 is 0 Å². The molecule has 1 aliphatic heterocycles. The first kappa shape index (κ1) is 29.9. The molecule has 0 spiro atoms. The predicted molar refractivity (Wildman–Crippen MR) is 172 cm³/mol. The molecule has 0 radical (unpaired) electrons. The van der Waals surface area contributed by atoms with Gasteiger partial charge < -0.3 is 23.7 Å². The largest absolute Gasteiger partial charge is 0.451 e. The predicted octanol–water partition coefficient (Wildman–Crippen LogP) is 6.71. The molecule has 8 nitrogen and oxygen atoms in total. The fourth-order valence-corrected chi connectivity index (χ4v) is 6.56. The summed E-state index contributed by atoms with van der Waals surface area (Å²) in [4.78, 5) is 14.7. The Labute approximate surface area is 255 Å². The molecule has 0 bridgehead atoms. The molecule has 230 valence electrons. The van der Waals surface area contributed by atoms with Crippen molar-refractivity contribution in [1.82, 2.24) is 19.4 Å². The SMILES string of the molecule is CCCCn1c(-c2cc(N3CCN(C4CC4)CC3)cnc2C(C)OC)c(CC(C)(C)CO)c2cc(-c3cocn3)ccc21. The molecular formula is C35H47N5O3. The second-order valence-electron chi connectivity index (χ2n) is 13.2. The van der Waals surface area contributed by atoms with Crippen LogP contribution in [0.25, 0.3) is 33.4 Å². The monoisotopic (exact) mass is 585 g/mol. The highest BCUT2D eigenvalue weighted by atomic mass is 16.5. The third-order valence-electron chi connectivity index (χ3n) is 9.36. The zero-order chi connectivity index (χ0) is 30.1. The number of methoxy groups -OCH3 is 1. The minimum atomic E-state index is -0.306. The first-order chi connectivity index (χ1) is 20.8. The van der Waals surface area contributed by atoms with Crippen molar-refractivity contribution >= 4 is 16.6 Å². The van der Waals surface area contributed by atoms with Crippen LogP contribution in [0.4, 0.5) is 5.69 Å². The quantitative estimate of drug-likeness (QED) is 0.198. The van der Waals surface area contributed by atoms with Crippen LogP contribution in [-0.2, 0) is 17.7 Å². The molecule has 0 amide bonds. The van der Waals surface area contributed by atoms with Gasteiger partial charge in [-0.25, -0.2) is 4.98 Å². The maximum Gasteiger partial charge on any atom is 0.181 e. The third kappa shape index (κ3) is 6.10. The number of nitrogens with zero attached hydrogens (tertiary/aromatic N) is 5. The lowest BCUT2D eigenvalue weighted by Crippen LogP contribution is -2.47. The highest BCUT2D eigenvalue weighted by molar-refractivity contribution is 5.95. The summed E-state index contributed by atoms with van der Waals surface area (Å²) in [5.74, 6) is 0. The van der Waals surface area contributed by atoms with E-state index in [0.29, 0.717) is 0 Å². The summed E-state index contributed by atoms with van der Waals surface area (Å²) in [6, 6.07) is 9.77. The number of aliphatic hydroxyl groups is 1. The molecule has 2 fully saturated rings. The molecule has 1 N–H and O–H groups in total. The molecule has 2 aliphatic rings. The number of pyridine rings is 1. The molecule has 3 aromatic heterocycles. The van der Waals surface area contributed by atoms with Crippen LogP contribution >= 0.6 is 0 Å². The Bertz CT molecular complexity index is 1530. The van der Waals surface area contributed by atoms with Crippen LogP contribution in [0.1, 0.15) is 70.7 Å². The number of hydrogen-bond acceptors (Lipinski definition) is 7. The summed E-state index contributed by atoms with van der Waals surface area (Å²) in [6.07, 6.45) is 10.6. The van der Waals surface area contributed by atoms with E-state index in [1.807, 2.05) is 6.20 Å². The van der Waals surface area contributed by atoms with Crippen LogP contribution in [-0.4, -0.2) is 70.5 Å². The molecule has 4 aromatic rings. The van der Waals surface area contributed by atoms with Crippen LogP contribution in [0.5, 0.6) is 0 Å².